The Morgan fingerprint density at radius 1 is 0.939 bits per heavy atom. The summed E-state index contributed by atoms with van der Waals surface area (Å²) in [7, 11) is 0.720. The number of hydrogen-bond donors (Lipinski definition) is 0. The fraction of sp³-hybridized carbons (Fsp3) is 0.120. The monoisotopic (exact) mass is 462 g/mol. The summed E-state index contributed by atoms with van der Waals surface area (Å²) in [5, 5.41) is 9.51. The number of ether oxygens (including phenoxy) is 2. The van der Waals surface area contributed by atoms with Crippen molar-refractivity contribution in [3.63, 3.8) is 0 Å². The van der Waals surface area contributed by atoms with E-state index >= 15 is 0 Å². The molecule has 0 saturated carbocycles. The lowest BCUT2D eigenvalue weighted by molar-refractivity contribution is 0.0729. The molecule has 0 aliphatic carbocycles. The van der Waals surface area contributed by atoms with Gasteiger partial charge in [-0.05, 0) is 53.6 Å². The maximum atomic E-state index is 12.6. The summed E-state index contributed by atoms with van der Waals surface area (Å²) in [5.41, 5.74) is 2.16. The van der Waals surface area contributed by atoms with Gasteiger partial charge in [0.05, 0.1) is 29.2 Å². The molecule has 168 valence electrons. The zero-order valence-electron chi connectivity index (χ0n) is 18.3. The van der Waals surface area contributed by atoms with E-state index in [-0.39, 0.29) is 16.2 Å². The van der Waals surface area contributed by atoms with Crippen LogP contribution < -0.4 is 9.47 Å². The average molecular weight is 463 g/mol. The molecule has 0 aromatic heterocycles. The van der Waals surface area contributed by atoms with Crippen LogP contribution in [-0.2, 0) is 10.0 Å². The Morgan fingerprint density at radius 2 is 1.61 bits per heavy atom. The molecule has 0 aliphatic rings. The molecule has 3 rings (SSSR count). The summed E-state index contributed by atoms with van der Waals surface area (Å²) in [5.74, 6) is -0.149. The molecule has 0 unspecified atom stereocenters. The second-order valence-corrected chi connectivity index (χ2v) is 9.30. The summed E-state index contributed by atoms with van der Waals surface area (Å²) >= 11 is 0. The van der Waals surface area contributed by atoms with Crippen molar-refractivity contribution in [3.8, 4) is 17.6 Å². The minimum absolute atomic E-state index is 0.0736. The van der Waals surface area contributed by atoms with Gasteiger partial charge in [0.2, 0.25) is 10.0 Å². The number of allylic oxidation sites excluding steroid dienone is 1. The van der Waals surface area contributed by atoms with Crippen molar-refractivity contribution < 1.29 is 22.7 Å². The SMILES string of the molecule is COc1cc(/C=C(/C#N)c2ccccc2)ccc1OC(=O)c1ccc(S(=O)(=O)N(C)C)cc1. The van der Waals surface area contributed by atoms with Crippen LogP contribution in [0, 0.1) is 11.3 Å². The van der Waals surface area contributed by atoms with Gasteiger partial charge in [-0.25, -0.2) is 17.5 Å². The molecule has 0 fully saturated rings. The van der Waals surface area contributed by atoms with E-state index in [2.05, 4.69) is 6.07 Å². The fourth-order valence-corrected chi connectivity index (χ4v) is 3.86. The van der Waals surface area contributed by atoms with Crippen LogP contribution in [0.1, 0.15) is 21.5 Å². The number of nitriles is 1. The second kappa shape index (κ2) is 10.1. The Labute approximate surface area is 193 Å². The van der Waals surface area contributed by atoms with Gasteiger partial charge in [0.1, 0.15) is 0 Å². The lowest BCUT2D eigenvalue weighted by Gasteiger charge is -2.12. The number of rotatable bonds is 7. The molecule has 0 atom stereocenters. The topological polar surface area (TPSA) is 96.7 Å². The summed E-state index contributed by atoms with van der Waals surface area (Å²) in [4.78, 5) is 12.7. The number of carbonyl (C=O) groups is 1. The largest absolute Gasteiger partial charge is 0.493 e. The Kier molecular flexibility index (Phi) is 7.28. The molecule has 8 heteroatoms. The molecule has 0 spiro atoms. The number of carbonyl (C=O) groups excluding carboxylic acids is 1. The summed E-state index contributed by atoms with van der Waals surface area (Å²) in [6, 6.07) is 21.9. The minimum atomic E-state index is -3.59. The zero-order valence-corrected chi connectivity index (χ0v) is 19.2. The Hall–Kier alpha value is -3.93. The van der Waals surface area contributed by atoms with Crippen LogP contribution in [-0.4, -0.2) is 39.9 Å². The number of methoxy groups -OCH3 is 1. The van der Waals surface area contributed by atoms with Crippen LogP contribution in [0.4, 0.5) is 0 Å². The van der Waals surface area contributed by atoms with Crippen LogP contribution >= 0.6 is 0 Å². The highest BCUT2D eigenvalue weighted by atomic mass is 32.2. The molecule has 3 aromatic rings. The smallest absolute Gasteiger partial charge is 0.343 e. The van der Waals surface area contributed by atoms with Crippen LogP contribution in [0.3, 0.4) is 0 Å². The Morgan fingerprint density at radius 3 is 2.18 bits per heavy atom. The van der Waals surface area contributed by atoms with Gasteiger partial charge in [-0.2, -0.15) is 5.26 Å². The minimum Gasteiger partial charge on any atom is -0.493 e. The lowest BCUT2D eigenvalue weighted by atomic mass is 10.0. The molecular weight excluding hydrogens is 440 g/mol. The van der Waals surface area contributed by atoms with Gasteiger partial charge in [-0.3, -0.25) is 0 Å². The first kappa shape index (κ1) is 23.7. The Balaban J connectivity index is 1.83. The maximum Gasteiger partial charge on any atom is 0.343 e. The maximum absolute atomic E-state index is 12.6. The fourth-order valence-electron chi connectivity index (χ4n) is 2.96. The van der Waals surface area contributed by atoms with Crippen molar-refractivity contribution in [1.29, 1.82) is 5.26 Å². The average Bonchev–Trinajstić information content (AvgIpc) is 2.83. The van der Waals surface area contributed by atoms with Crippen LogP contribution in [0.5, 0.6) is 11.5 Å². The molecule has 0 heterocycles. The van der Waals surface area contributed by atoms with Gasteiger partial charge in [0.25, 0.3) is 0 Å². The van der Waals surface area contributed by atoms with Gasteiger partial charge in [-0.1, -0.05) is 36.4 Å². The predicted octanol–water partition coefficient (Wildman–Crippen LogP) is 4.23. The number of esters is 1. The van der Waals surface area contributed by atoms with E-state index < -0.39 is 16.0 Å². The number of hydrogen-bond acceptors (Lipinski definition) is 6. The third-order valence-corrected chi connectivity index (χ3v) is 6.60. The van der Waals surface area contributed by atoms with Crippen LogP contribution in [0.2, 0.25) is 0 Å². The quantitative estimate of drug-likeness (QED) is 0.226. The first-order valence-electron chi connectivity index (χ1n) is 9.86. The van der Waals surface area contributed by atoms with Gasteiger partial charge >= 0.3 is 5.97 Å². The molecule has 33 heavy (non-hydrogen) atoms. The summed E-state index contributed by atoms with van der Waals surface area (Å²) < 4.78 is 36.3. The van der Waals surface area contributed by atoms with Crippen molar-refractivity contribution in [2.24, 2.45) is 0 Å². The van der Waals surface area contributed by atoms with E-state index in [0.717, 1.165) is 9.87 Å². The van der Waals surface area contributed by atoms with Crippen LogP contribution in [0.15, 0.2) is 77.7 Å². The zero-order chi connectivity index (χ0) is 24.0. The van der Waals surface area contributed by atoms with Crippen molar-refractivity contribution in [1.82, 2.24) is 4.31 Å². The molecule has 7 nitrogen and oxygen atoms in total. The second-order valence-electron chi connectivity index (χ2n) is 7.15. The van der Waals surface area contributed by atoms with Crippen LogP contribution in [0.25, 0.3) is 11.6 Å². The highest BCUT2D eigenvalue weighted by Gasteiger charge is 2.19. The molecule has 0 bridgehead atoms. The molecule has 0 radical (unpaired) electrons. The first-order chi connectivity index (χ1) is 15.8. The lowest BCUT2D eigenvalue weighted by Crippen LogP contribution is -2.22. The van der Waals surface area contributed by atoms with Gasteiger partial charge in [0.15, 0.2) is 11.5 Å². The third kappa shape index (κ3) is 5.47. The van der Waals surface area contributed by atoms with E-state index in [4.69, 9.17) is 9.47 Å². The predicted molar refractivity (Wildman–Crippen MR) is 125 cm³/mol. The molecular formula is C25H22N2O5S. The highest BCUT2D eigenvalue weighted by molar-refractivity contribution is 7.89. The first-order valence-corrected chi connectivity index (χ1v) is 11.3. The normalized spacial score (nSPS) is 11.7. The van der Waals surface area contributed by atoms with Crippen molar-refractivity contribution in [2.45, 2.75) is 4.90 Å². The molecule has 0 N–H and O–H groups in total. The van der Waals surface area contributed by atoms with E-state index in [1.165, 1.54) is 45.5 Å². The van der Waals surface area contributed by atoms with Crippen molar-refractivity contribution in [2.75, 3.05) is 21.2 Å². The number of nitrogens with zero attached hydrogens (tertiary/aromatic N) is 2. The number of sulfonamides is 1. The van der Waals surface area contributed by atoms with E-state index in [1.54, 1.807) is 24.3 Å². The highest BCUT2D eigenvalue weighted by Crippen LogP contribution is 2.30. The summed E-state index contributed by atoms with van der Waals surface area (Å²) in [6.07, 6.45) is 1.72. The summed E-state index contributed by atoms with van der Waals surface area (Å²) in [6.45, 7) is 0. The molecule has 0 saturated heterocycles. The van der Waals surface area contributed by atoms with E-state index in [9.17, 15) is 18.5 Å². The van der Waals surface area contributed by atoms with E-state index in [1.807, 2.05) is 30.3 Å². The van der Waals surface area contributed by atoms with Gasteiger partial charge < -0.3 is 9.47 Å². The van der Waals surface area contributed by atoms with Gasteiger partial charge in [-0.15, -0.1) is 0 Å². The van der Waals surface area contributed by atoms with Crippen molar-refractivity contribution >= 4 is 27.6 Å². The molecule has 3 aromatic carbocycles. The van der Waals surface area contributed by atoms with E-state index in [0.29, 0.717) is 16.9 Å². The van der Waals surface area contributed by atoms with Gasteiger partial charge in [0, 0.05) is 14.1 Å². The molecule has 0 aliphatic heterocycles. The number of benzene rings is 3. The molecule has 0 amide bonds. The Bertz CT molecular complexity index is 1320. The van der Waals surface area contributed by atoms with Crippen molar-refractivity contribution in [3.05, 3.63) is 89.5 Å². The third-order valence-electron chi connectivity index (χ3n) is 4.78. The standard InChI is InChI=1S/C25H22N2O5S/c1-27(2)33(29,30)22-12-10-20(11-13-22)25(28)32-23-14-9-18(16-24(23)31-3)15-21(17-26)19-7-5-4-6-8-19/h4-16H,1-3H3/b21-15-.